The number of aromatic nitrogens is 1. The summed E-state index contributed by atoms with van der Waals surface area (Å²) in [5.74, 6) is 0.0361. The Morgan fingerprint density at radius 2 is 1.65 bits per heavy atom. The number of carbonyl (C=O) groups is 1. The first-order chi connectivity index (χ1) is 12.5. The van der Waals surface area contributed by atoms with Gasteiger partial charge in [-0.3, -0.25) is 9.59 Å². The second-order valence-electron chi connectivity index (χ2n) is 6.80. The van der Waals surface area contributed by atoms with Gasteiger partial charge < -0.3 is 9.88 Å². The maximum atomic E-state index is 12.5. The number of aryl methyl sites for hydroxylation is 2. The molecule has 0 bridgehead atoms. The minimum absolute atomic E-state index is 0.0361. The molecule has 1 heterocycles. The highest BCUT2D eigenvalue weighted by atomic mass is 16.2. The van der Waals surface area contributed by atoms with Crippen molar-refractivity contribution in [3.8, 4) is 0 Å². The number of fused-ring (bicyclic) bond motifs is 1. The number of hydrogen-bond donors (Lipinski definition) is 1. The molecule has 0 fully saturated rings. The molecular formula is C22H24N2O2. The molecule has 3 rings (SSSR count). The summed E-state index contributed by atoms with van der Waals surface area (Å²) in [6.45, 7) is 6.68. The Morgan fingerprint density at radius 3 is 2.35 bits per heavy atom. The van der Waals surface area contributed by atoms with Gasteiger partial charge in [0.15, 0.2) is 0 Å². The van der Waals surface area contributed by atoms with Crippen LogP contribution in [0.5, 0.6) is 0 Å². The normalized spacial score (nSPS) is 10.9. The molecule has 0 atom stereocenters. The predicted octanol–water partition coefficient (Wildman–Crippen LogP) is 4.08. The van der Waals surface area contributed by atoms with E-state index in [1.165, 1.54) is 5.56 Å². The minimum Gasteiger partial charge on any atom is -0.334 e. The molecule has 0 aliphatic carbocycles. The maximum absolute atomic E-state index is 12.5. The summed E-state index contributed by atoms with van der Waals surface area (Å²) in [5, 5.41) is 0.976. The summed E-state index contributed by atoms with van der Waals surface area (Å²) in [5.41, 5.74) is 4.64. The van der Waals surface area contributed by atoms with Gasteiger partial charge in [0.05, 0.1) is 6.54 Å². The van der Waals surface area contributed by atoms with E-state index in [9.17, 15) is 9.59 Å². The van der Waals surface area contributed by atoms with Gasteiger partial charge in [-0.15, -0.1) is 0 Å². The summed E-state index contributed by atoms with van der Waals surface area (Å²) in [6.07, 6.45) is 0.413. The van der Waals surface area contributed by atoms with E-state index < -0.39 is 0 Å². The molecule has 0 aliphatic heterocycles. The highest BCUT2D eigenvalue weighted by molar-refractivity contribution is 5.80. The van der Waals surface area contributed by atoms with Gasteiger partial charge >= 0.3 is 0 Å². The Morgan fingerprint density at radius 1 is 0.962 bits per heavy atom. The molecule has 0 radical (unpaired) electrons. The van der Waals surface area contributed by atoms with Crippen LogP contribution in [0.3, 0.4) is 0 Å². The monoisotopic (exact) mass is 348 g/mol. The number of hydrogen-bond acceptors (Lipinski definition) is 2. The van der Waals surface area contributed by atoms with Crippen molar-refractivity contribution in [1.82, 2.24) is 9.88 Å². The standard InChI is InChI=1S/C22H24N2O2/c1-4-21(25)24(13-17-8-5-15(2)6-9-17)14-19-12-18-10-7-16(3)11-20(18)23-22(19)26/h5-12H,4,13-14H2,1-3H3,(H,23,26). The summed E-state index contributed by atoms with van der Waals surface area (Å²) >= 11 is 0. The molecule has 0 saturated carbocycles. The van der Waals surface area contributed by atoms with E-state index in [-0.39, 0.29) is 11.5 Å². The van der Waals surface area contributed by atoms with Crippen LogP contribution < -0.4 is 5.56 Å². The minimum atomic E-state index is -0.138. The van der Waals surface area contributed by atoms with E-state index in [1.54, 1.807) is 4.90 Å². The largest absolute Gasteiger partial charge is 0.334 e. The van der Waals surface area contributed by atoms with Crippen LogP contribution in [0.15, 0.2) is 53.3 Å². The lowest BCUT2D eigenvalue weighted by atomic mass is 10.1. The Balaban J connectivity index is 1.91. The second-order valence-corrected chi connectivity index (χ2v) is 6.80. The summed E-state index contributed by atoms with van der Waals surface area (Å²) < 4.78 is 0. The van der Waals surface area contributed by atoms with Crippen molar-refractivity contribution in [2.45, 2.75) is 40.3 Å². The molecule has 3 aromatic rings. The third kappa shape index (κ3) is 4.02. The van der Waals surface area contributed by atoms with Crippen molar-refractivity contribution in [2.75, 3.05) is 0 Å². The highest BCUT2D eigenvalue weighted by Gasteiger charge is 2.15. The van der Waals surface area contributed by atoms with Gasteiger partial charge in [-0.2, -0.15) is 0 Å². The maximum Gasteiger partial charge on any atom is 0.253 e. The summed E-state index contributed by atoms with van der Waals surface area (Å²) in [7, 11) is 0. The van der Waals surface area contributed by atoms with E-state index in [0.717, 1.165) is 22.0 Å². The van der Waals surface area contributed by atoms with E-state index in [2.05, 4.69) is 4.98 Å². The van der Waals surface area contributed by atoms with E-state index in [4.69, 9.17) is 0 Å². The first-order valence-electron chi connectivity index (χ1n) is 8.92. The predicted molar refractivity (Wildman–Crippen MR) is 105 cm³/mol. The number of aromatic amines is 1. The molecule has 0 saturated heterocycles. The second kappa shape index (κ2) is 7.56. The Bertz CT molecular complexity index is 987. The molecule has 0 spiro atoms. The average molecular weight is 348 g/mol. The van der Waals surface area contributed by atoms with Crippen molar-refractivity contribution >= 4 is 16.8 Å². The van der Waals surface area contributed by atoms with Gasteiger partial charge in [-0.05, 0) is 42.5 Å². The van der Waals surface area contributed by atoms with E-state index in [0.29, 0.717) is 25.1 Å². The smallest absolute Gasteiger partial charge is 0.253 e. The number of carbonyl (C=O) groups excluding carboxylic acids is 1. The fourth-order valence-electron chi connectivity index (χ4n) is 3.05. The van der Waals surface area contributed by atoms with Crippen LogP contribution in [0, 0.1) is 13.8 Å². The third-order valence-corrected chi connectivity index (χ3v) is 4.59. The van der Waals surface area contributed by atoms with Crippen LogP contribution in [-0.4, -0.2) is 15.8 Å². The van der Waals surface area contributed by atoms with Crippen molar-refractivity contribution in [3.05, 3.63) is 81.1 Å². The Hall–Kier alpha value is -2.88. The summed E-state index contributed by atoms with van der Waals surface area (Å²) in [6, 6.07) is 16.0. The van der Waals surface area contributed by atoms with Gasteiger partial charge in [0.1, 0.15) is 0 Å². The van der Waals surface area contributed by atoms with Gasteiger partial charge in [-0.25, -0.2) is 0 Å². The molecule has 134 valence electrons. The number of rotatable bonds is 5. The third-order valence-electron chi connectivity index (χ3n) is 4.59. The number of nitrogens with one attached hydrogen (secondary N) is 1. The van der Waals surface area contributed by atoms with Gasteiger partial charge in [-0.1, -0.05) is 48.9 Å². The van der Waals surface area contributed by atoms with Crippen LogP contribution in [0.4, 0.5) is 0 Å². The molecule has 4 heteroatoms. The van der Waals surface area contributed by atoms with Crippen molar-refractivity contribution in [2.24, 2.45) is 0 Å². The first-order valence-corrected chi connectivity index (χ1v) is 8.92. The molecule has 1 aromatic heterocycles. The molecule has 0 aliphatic rings. The van der Waals surface area contributed by atoms with Gasteiger partial charge in [0, 0.05) is 24.0 Å². The number of amides is 1. The SMILES string of the molecule is CCC(=O)N(Cc1ccc(C)cc1)Cc1cc2ccc(C)cc2[nH]c1=O. The topological polar surface area (TPSA) is 53.2 Å². The fourth-order valence-corrected chi connectivity index (χ4v) is 3.05. The van der Waals surface area contributed by atoms with Gasteiger partial charge in [0.2, 0.25) is 5.91 Å². The molecule has 1 N–H and O–H groups in total. The molecule has 0 unspecified atom stereocenters. The van der Waals surface area contributed by atoms with Crippen LogP contribution in [0.1, 0.15) is 35.6 Å². The zero-order valence-corrected chi connectivity index (χ0v) is 15.5. The molecule has 2 aromatic carbocycles. The molecule has 1 amide bonds. The fraction of sp³-hybridized carbons (Fsp3) is 0.273. The molecular weight excluding hydrogens is 324 g/mol. The summed E-state index contributed by atoms with van der Waals surface area (Å²) in [4.78, 5) is 29.6. The van der Waals surface area contributed by atoms with Crippen molar-refractivity contribution in [1.29, 1.82) is 0 Å². The lowest BCUT2D eigenvalue weighted by Gasteiger charge is -2.22. The van der Waals surface area contributed by atoms with Crippen LogP contribution in [0.25, 0.3) is 10.9 Å². The lowest BCUT2D eigenvalue weighted by Crippen LogP contribution is -2.31. The van der Waals surface area contributed by atoms with E-state index >= 15 is 0 Å². The number of H-pyrrole nitrogens is 1. The number of pyridine rings is 1. The van der Waals surface area contributed by atoms with Crippen molar-refractivity contribution < 1.29 is 4.79 Å². The Kier molecular flexibility index (Phi) is 5.21. The zero-order chi connectivity index (χ0) is 18.7. The first kappa shape index (κ1) is 17.9. The van der Waals surface area contributed by atoms with Gasteiger partial charge in [0.25, 0.3) is 5.56 Å². The van der Waals surface area contributed by atoms with Crippen LogP contribution in [-0.2, 0) is 17.9 Å². The van der Waals surface area contributed by atoms with Crippen molar-refractivity contribution in [3.63, 3.8) is 0 Å². The lowest BCUT2D eigenvalue weighted by molar-refractivity contribution is -0.132. The van der Waals surface area contributed by atoms with Crippen LogP contribution >= 0.6 is 0 Å². The molecule has 4 nitrogen and oxygen atoms in total. The average Bonchev–Trinajstić information content (AvgIpc) is 2.63. The number of benzene rings is 2. The quantitative estimate of drug-likeness (QED) is 0.755. The highest BCUT2D eigenvalue weighted by Crippen LogP contribution is 2.16. The number of nitrogens with zero attached hydrogens (tertiary/aromatic N) is 1. The molecule has 26 heavy (non-hydrogen) atoms. The van der Waals surface area contributed by atoms with Crippen LogP contribution in [0.2, 0.25) is 0 Å². The van der Waals surface area contributed by atoms with E-state index in [1.807, 2.05) is 69.3 Å². The Labute approximate surface area is 153 Å². The zero-order valence-electron chi connectivity index (χ0n) is 15.5.